The molecule has 0 bridgehead atoms. The van der Waals surface area contributed by atoms with Crippen molar-refractivity contribution in [3.05, 3.63) is 34.9 Å². The quantitative estimate of drug-likeness (QED) is 0.818. The molecule has 17 heavy (non-hydrogen) atoms. The molecule has 4 heteroatoms. The number of carbonyl (C=O) groups excluding carboxylic acids is 1. The number of hydrogen-bond acceptors (Lipinski definition) is 2. The van der Waals surface area contributed by atoms with E-state index >= 15 is 0 Å². The molecule has 0 fully saturated rings. The maximum Gasteiger partial charge on any atom is 0.237 e. The highest BCUT2D eigenvalue weighted by Crippen LogP contribution is 2.09. The Labute approximate surface area is 108 Å². The monoisotopic (exact) mass is 254 g/mol. The summed E-state index contributed by atoms with van der Waals surface area (Å²) in [5.41, 5.74) is 1.05. The van der Waals surface area contributed by atoms with Gasteiger partial charge in [-0.15, -0.1) is 0 Å². The number of nitrogens with one attached hydrogen (secondary N) is 2. The number of halogens is 1. The van der Waals surface area contributed by atoms with Gasteiger partial charge >= 0.3 is 0 Å². The van der Waals surface area contributed by atoms with Crippen LogP contribution in [-0.4, -0.2) is 18.5 Å². The van der Waals surface area contributed by atoms with Crippen LogP contribution in [0.1, 0.15) is 25.8 Å². The van der Waals surface area contributed by atoms with E-state index < -0.39 is 0 Å². The Morgan fingerprint density at radius 3 is 2.59 bits per heavy atom. The van der Waals surface area contributed by atoms with Crippen molar-refractivity contribution in [2.75, 3.05) is 6.54 Å². The molecule has 1 aromatic carbocycles. The molecule has 0 aliphatic carbocycles. The topological polar surface area (TPSA) is 41.1 Å². The summed E-state index contributed by atoms with van der Waals surface area (Å²) in [7, 11) is 0. The largest absolute Gasteiger partial charge is 0.351 e. The molecule has 1 amide bonds. The molecule has 0 saturated carbocycles. The number of amides is 1. The normalized spacial score (nSPS) is 12.2. The fourth-order valence-electron chi connectivity index (χ4n) is 1.40. The van der Waals surface area contributed by atoms with Crippen LogP contribution in [0.2, 0.25) is 5.02 Å². The highest BCUT2D eigenvalue weighted by molar-refractivity contribution is 6.30. The minimum atomic E-state index is -0.151. The zero-order chi connectivity index (χ0) is 12.7. The fraction of sp³-hybridized carbons (Fsp3) is 0.462. The van der Waals surface area contributed by atoms with E-state index in [0.29, 0.717) is 11.6 Å². The van der Waals surface area contributed by atoms with Crippen LogP contribution in [0.25, 0.3) is 0 Å². The van der Waals surface area contributed by atoms with Crippen LogP contribution in [0.5, 0.6) is 0 Å². The maximum atomic E-state index is 11.7. The molecule has 0 heterocycles. The van der Waals surface area contributed by atoms with E-state index in [-0.39, 0.29) is 11.9 Å². The van der Waals surface area contributed by atoms with Gasteiger partial charge in [0.05, 0.1) is 6.04 Å². The SMILES string of the molecule is CCCNC(C)C(=O)NCc1ccc(Cl)cc1. The van der Waals surface area contributed by atoms with Gasteiger partial charge in [-0.2, -0.15) is 0 Å². The highest BCUT2D eigenvalue weighted by atomic mass is 35.5. The molecular formula is C13H19ClN2O. The molecule has 0 aromatic heterocycles. The maximum absolute atomic E-state index is 11.7. The van der Waals surface area contributed by atoms with Crippen molar-refractivity contribution in [2.45, 2.75) is 32.9 Å². The molecule has 1 atom stereocenters. The van der Waals surface area contributed by atoms with Gasteiger partial charge in [0, 0.05) is 11.6 Å². The average molecular weight is 255 g/mol. The minimum absolute atomic E-state index is 0.0217. The molecule has 0 radical (unpaired) electrons. The van der Waals surface area contributed by atoms with Gasteiger partial charge in [0.15, 0.2) is 0 Å². The second-order valence-corrected chi connectivity index (χ2v) is 4.46. The van der Waals surface area contributed by atoms with E-state index in [0.717, 1.165) is 18.5 Å². The van der Waals surface area contributed by atoms with E-state index in [4.69, 9.17) is 11.6 Å². The lowest BCUT2D eigenvalue weighted by molar-refractivity contribution is -0.122. The van der Waals surface area contributed by atoms with E-state index in [2.05, 4.69) is 17.6 Å². The van der Waals surface area contributed by atoms with Crippen LogP contribution in [0.3, 0.4) is 0 Å². The van der Waals surface area contributed by atoms with Crippen LogP contribution in [0.15, 0.2) is 24.3 Å². The van der Waals surface area contributed by atoms with Gasteiger partial charge in [-0.25, -0.2) is 0 Å². The smallest absolute Gasteiger partial charge is 0.237 e. The zero-order valence-corrected chi connectivity index (χ0v) is 11.1. The molecule has 0 aliphatic rings. The Bertz CT molecular complexity index is 351. The molecule has 2 N–H and O–H groups in total. The van der Waals surface area contributed by atoms with Crippen LogP contribution in [0.4, 0.5) is 0 Å². The van der Waals surface area contributed by atoms with E-state index in [1.807, 2.05) is 31.2 Å². The Morgan fingerprint density at radius 2 is 2.00 bits per heavy atom. The van der Waals surface area contributed by atoms with Crippen LogP contribution in [-0.2, 0) is 11.3 Å². The van der Waals surface area contributed by atoms with E-state index in [1.54, 1.807) is 0 Å². The van der Waals surface area contributed by atoms with Crippen LogP contribution < -0.4 is 10.6 Å². The molecule has 3 nitrogen and oxygen atoms in total. The molecule has 1 rings (SSSR count). The summed E-state index contributed by atoms with van der Waals surface area (Å²) in [6, 6.07) is 7.31. The second-order valence-electron chi connectivity index (χ2n) is 4.02. The standard InChI is InChI=1S/C13H19ClN2O/c1-3-8-15-10(2)13(17)16-9-11-4-6-12(14)7-5-11/h4-7,10,15H,3,8-9H2,1-2H3,(H,16,17). The Morgan fingerprint density at radius 1 is 1.35 bits per heavy atom. The zero-order valence-electron chi connectivity index (χ0n) is 10.3. The molecule has 0 aliphatic heterocycles. The van der Waals surface area contributed by atoms with Gasteiger partial charge in [0.2, 0.25) is 5.91 Å². The van der Waals surface area contributed by atoms with Gasteiger partial charge in [0.1, 0.15) is 0 Å². The van der Waals surface area contributed by atoms with Gasteiger partial charge in [-0.3, -0.25) is 4.79 Å². The molecule has 0 spiro atoms. The van der Waals surface area contributed by atoms with Crippen molar-refractivity contribution in [1.82, 2.24) is 10.6 Å². The third-order valence-corrected chi connectivity index (χ3v) is 2.73. The number of carbonyl (C=O) groups is 1. The predicted molar refractivity (Wildman–Crippen MR) is 71.1 cm³/mol. The molecule has 1 unspecified atom stereocenters. The number of hydrogen-bond donors (Lipinski definition) is 2. The number of rotatable bonds is 6. The first kappa shape index (κ1) is 14.0. The van der Waals surface area contributed by atoms with Gasteiger partial charge in [-0.05, 0) is 37.6 Å². The lowest BCUT2D eigenvalue weighted by Crippen LogP contribution is -2.42. The second kappa shape index (κ2) is 7.30. The summed E-state index contributed by atoms with van der Waals surface area (Å²) < 4.78 is 0. The summed E-state index contributed by atoms with van der Waals surface area (Å²) in [6.07, 6.45) is 1.02. The minimum Gasteiger partial charge on any atom is -0.351 e. The Hall–Kier alpha value is -1.06. The van der Waals surface area contributed by atoms with Crippen LogP contribution >= 0.6 is 11.6 Å². The first-order chi connectivity index (χ1) is 8.13. The lowest BCUT2D eigenvalue weighted by atomic mass is 10.2. The van der Waals surface area contributed by atoms with Gasteiger partial charge < -0.3 is 10.6 Å². The fourth-order valence-corrected chi connectivity index (χ4v) is 1.52. The van der Waals surface area contributed by atoms with E-state index in [1.165, 1.54) is 0 Å². The Kier molecular flexibility index (Phi) is 6.01. The molecule has 1 aromatic rings. The molecule has 94 valence electrons. The summed E-state index contributed by atoms with van der Waals surface area (Å²) in [5.74, 6) is 0.0217. The van der Waals surface area contributed by atoms with E-state index in [9.17, 15) is 4.79 Å². The van der Waals surface area contributed by atoms with Crippen LogP contribution in [0, 0.1) is 0 Å². The van der Waals surface area contributed by atoms with Gasteiger partial charge in [-0.1, -0.05) is 30.7 Å². The van der Waals surface area contributed by atoms with Gasteiger partial charge in [0.25, 0.3) is 0 Å². The first-order valence-electron chi connectivity index (χ1n) is 5.89. The molecule has 0 saturated heterocycles. The van der Waals surface area contributed by atoms with Crippen molar-refractivity contribution in [3.8, 4) is 0 Å². The number of benzene rings is 1. The average Bonchev–Trinajstić information content (AvgIpc) is 2.34. The first-order valence-corrected chi connectivity index (χ1v) is 6.26. The molecular weight excluding hydrogens is 236 g/mol. The summed E-state index contributed by atoms with van der Waals surface area (Å²) in [5, 5.41) is 6.73. The third kappa shape index (κ3) is 5.20. The van der Waals surface area contributed by atoms with Crippen molar-refractivity contribution < 1.29 is 4.79 Å². The van der Waals surface area contributed by atoms with Crippen molar-refractivity contribution in [3.63, 3.8) is 0 Å². The summed E-state index contributed by atoms with van der Waals surface area (Å²) in [4.78, 5) is 11.7. The third-order valence-electron chi connectivity index (χ3n) is 2.47. The summed E-state index contributed by atoms with van der Waals surface area (Å²) >= 11 is 5.78. The predicted octanol–water partition coefficient (Wildman–Crippen LogP) is 2.34. The summed E-state index contributed by atoms with van der Waals surface area (Å²) in [6.45, 7) is 5.34. The van der Waals surface area contributed by atoms with Crippen molar-refractivity contribution in [2.24, 2.45) is 0 Å². The highest BCUT2D eigenvalue weighted by Gasteiger charge is 2.10. The van der Waals surface area contributed by atoms with Crippen molar-refractivity contribution in [1.29, 1.82) is 0 Å². The lowest BCUT2D eigenvalue weighted by Gasteiger charge is -2.13. The Balaban J connectivity index is 2.34. The van der Waals surface area contributed by atoms with Crippen molar-refractivity contribution >= 4 is 17.5 Å².